The minimum atomic E-state index is -0.704. The first kappa shape index (κ1) is 11.6. The van der Waals surface area contributed by atoms with E-state index in [1.54, 1.807) is 0 Å². The summed E-state index contributed by atoms with van der Waals surface area (Å²) in [4.78, 5) is 13.1. The van der Waals surface area contributed by atoms with Crippen molar-refractivity contribution in [1.82, 2.24) is 4.90 Å². The third-order valence-corrected chi connectivity index (χ3v) is 3.85. The summed E-state index contributed by atoms with van der Waals surface area (Å²) >= 11 is 0. The van der Waals surface area contributed by atoms with Gasteiger partial charge in [-0.15, -0.1) is 0 Å². The van der Waals surface area contributed by atoms with Crippen molar-refractivity contribution in [1.29, 1.82) is 0 Å². The van der Waals surface area contributed by atoms with Crippen LogP contribution in [0.5, 0.6) is 0 Å². The molecule has 0 aromatic carbocycles. The molecule has 0 aromatic heterocycles. The number of carbonyl (C=O) groups excluding carboxylic acids is 1. The molecule has 8 nitrogen and oxygen atoms in total. The second-order valence-corrected chi connectivity index (χ2v) is 5.54. The number of fused-ring (bicyclic) bond motifs is 4. The third-order valence-electron chi connectivity index (χ3n) is 3.85. The molecule has 104 valence electrons. The number of β-lactam (4-membered cyclic amide) rings is 1. The van der Waals surface area contributed by atoms with Gasteiger partial charge in [-0.05, 0) is 13.8 Å². The molecule has 4 saturated heterocycles. The Balaban J connectivity index is 1.57. The Morgan fingerprint density at radius 2 is 2.11 bits per heavy atom. The molecule has 0 unspecified atom stereocenters. The Kier molecular flexibility index (Phi) is 2.11. The zero-order valence-electron chi connectivity index (χ0n) is 10.5. The standard InChI is InChI=1S/C11H14N2O6/c1-11(2)18-7-6-4(16-10(7)19-11)3-13-8(14)5(12-15)9(13)17-6/h4,6-7,9-10,15H,3H2,1-2H3/t4-,6+,7-,9+,10-/m1/s1. The monoisotopic (exact) mass is 270 g/mol. The average Bonchev–Trinajstić information content (AvgIpc) is 2.80. The van der Waals surface area contributed by atoms with Crippen molar-refractivity contribution in [2.24, 2.45) is 5.16 Å². The first-order valence-corrected chi connectivity index (χ1v) is 6.20. The van der Waals surface area contributed by atoms with Crippen molar-refractivity contribution in [3.8, 4) is 0 Å². The van der Waals surface area contributed by atoms with Crippen molar-refractivity contribution in [3.05, 3.63) is 0 Å². The second-order valence-electron chi connectivity index (χ2n) is 5.54. The smallest absolute Gasteiger partial charge is 0.278 e. The summed E-state index contributed by atoms with van der Waals surface area (Å²) in [6.07, 6.45) is -2.00. The van der Waals surface area contributed by atoms with Crippen LogP contribution >= 0.6 is 0 Å². The maximum atomic E-state index is 11.6. The highest BCUT2D eigenvalue weighted by Gasteiger charge is 2.62. The van der Waals surface area contributed by atoms with E-state index in [4.69, 9.17) is 24.2 Å². The number of rotatable bonds is 0. The van der Waals surface area contributed by atoms with Crippen LogP contribution in [0.25, 0.3) is 0 Å². The fourth-order valence-electron chi connectivity index (χ4n) is 3.05. The van der Waals surface area contributed by atoms with Crippen LogP contribution in [0.15, 0.2) is 5.16 Å². The zero-order chi connectivity index (χ0) is 13.4. The molecule has 0 aromatic rings. The second kappa shape index (κ2) is 3.45. The average molecular weight is 270 g/mol. The Hall–Kier alpha value is -1.22. The van der Waals surface area contributed by atoms with E-state index in [1.807, 2.05) is 13.8 Å². The minimum absolute atomic E-state index is 0.0278. The Labute approximate surface area is 108 Å². The van der Waals surface area contributed by atoms with Crippen molar-refractivity contribution < 1.29 is 28.9 Å². The lowest BCUT2D eigenvalue weighted by molar-refractivity contribution is -0.244. The predicted molar refractivity (Wildman–Crippen MR) is 58.3 cm³/mol. The molecule has 4 aliphatic heterocycles. The van der Waals surface area contributed by atoms with E-state index in [9.17, 15) is 4.79 Å². The summed E-state index contributed by atoms with van der Waals surface area (Å²) in [7, 11) is 0. The van der Waals surface area contributed by atoms with Crippen molar-refractivity contribution in [2.75, 3.05) is 6.54 Å². The predicted octanol–water partition coefficient (Wildman–Crippen LogP) is -0.740. The van der Waals surface area contributed by atoms with Gasteiger partial charge < -0.3 is 29.1 Å². The van der Waals surface area contributed by atoms with Crippen LogP contribution in [-0.4, -0.2) is 64.9 Å². The molecule has 5 atom stereocenters. The van der Waals surface area contributed by atoms with Crippen LogP contribution in [0, 0.1) is 0 Å². The lowest BCUT2D eigenvalue weighted by Crippen LogP contribution is -2.70. The van der Waals surface area contributed by atoms with Gasteiger partial charge in [-0.2, -0.15) is 0 Å². The zero-order valence-corrected chi connectivity index (χ0v) is 10.5. The van der Waals surface area contributed by atoms with Crippen molar-refractivity contribution in [2.45, 2.75) is 50.5 Å². The topological polar surface area (TPSA) is 89.8 Å². The summed E-state index contributed by atoms with van der Waals surface area (Å²) < 4.78 is 22.9. The van der Waals surface area contributed by atoms with Gasteiger partial charge in [0.15, 0.2) is 24.0 Å². The van der Waals surface area contributed by atoms with Crippen LogP contribution in [0.4, 0.5) is 0 Å². The van der Waals surface area contributed by atoms with Gasteiger partial charge in [-0.1, -0.05) is 5.16 Å². The van der Waals surface area contributed by atoms with Crippen LogP contribution < -0.4 is 0 Å². The number of oxime groups is 1. The van der Waals surface area contributed by atoms with Gasteiger partial charge >= 0.3 is 0 Å². The van der Waals surface area contributed by atoms with E-state index in [0.717, 1.165) is 0 Å². The van der Waals surface area contributed by atoms with Gasteiger partial charge in [0.2, 0.25) is 0 Å². The molecular weight excluding hydrogens is 256 g/mol. The molecule has 0 saturated carbocycles. The first-order chi connectivity index (χ1) is 9.00. The van der Waals surface area contributed by atoms with E-state index < -0.39 is 18.3 Å². The first-order valence-electron chi connectivity index (χ1n) is 6.20. The van der Waals surface area contributed by atoms with Gasteiger partial charge in [0.25, 0.3) is 5.91 Å². The van der Waals surface area contributed by atoms with E-state index in [2.05, 4.69) is 5.16 Å². The van der Waals surface area contributed by atoms with E-state index in [0.29, 0.717) is 6.54 Å². The highest BCUT2D eigenvalue weighted by Crippen LogP contribution is 2.42. The lowest BCUT2D eigenvalue weighted by atomic mass is 10.0. The van der Waals surface area contributed by atoms with Crippen LogP contribution in [0.3, 0.4) is 0 Å². The van der Waals surface area contributed by atoms with Gasteiger partial charge in [0.1, 0.15) is 18.3 Å². The van der Waals surface area contributed by atoms with Gasteiger partial charge in [-0.25, -0.2) is 0 Å². The maximum absolute atomic E-state index is 11.6. The summed E-state index contributed by atoms with van der Waals surface area (Å²) in [5, 5.41) is 11.8. The number of hydrogen-bond acceptors (Lipinski definition) is 7. The fraction of sp³-hybridized carbons (Fsp3) is 0.818. The fourth-order valence-corrected chi connectivity index (χ4v) is 3.05. The number of hydrogen-bond donors (Lipinski definition) is 1. The largest absolute Gasteiger partial charge is 0.410 e. The molecule has 0 bridgehead atoms. The highest BCUT2D eigenvalue weighted by atomic mass is 16.8. The molecule has 4 aliphatic rings. The Morgan fingerprint density at radius 1 is 1.32 bits per heavy atom. The molecule has 4 rings (SSSR count). The SMILES string of the molecule is CC1(C)O[C@H]2O[C@@H]3CN4C(=O)C(=NO)[C@@H]4O[C@@H]3[C@H]2O1. The van der Waals surface area contributed by atoms with Crippen LogP contribution in [-0.2, 0) is 23.7 Å². The molecule has 0 radical (unpaired) electrons. The normalized spacial score (nSPS) is 48.7. The number of amides is 1. The van der Waals surface area contributed by atoms with E-state index in [1.165, 1.54) is 4.90 Å². The minimum Gasteiger partial charge on any atom is -0.410 e. The van der Waals surface area contributed by atoms with Gasteiger partial charge in [0, 0.05) is 0 Å². The molecular formula is C11H14N2O6. The molecule has 19 heavy (non-hydrogen) atoms. The molecule has 8 heteroatoms. The van der Waals surface area contributed by atoms with Gasteiger partial charge in [0.05, 0.1) is 6.54 Å². The number of ether oxygens (including phenoxy) is 4. The van der Waals surface area contributed by atoms with Crippen LogP contribution in [0.1, 0.15) is 13.8 Å². The van der Waals surface area contributed by atoms with Crippen molar-refractivity contribution in [3.63, 3.8) is 0 Å². The maximum Gasteiger partial charge on any atom is 0.278 e. The molecule has 1 amide bonds. The Bertz CT molecular complexity index is 478. The third kappa shape index (κ3) is 1.42. The van der Waals surface area contributed by atoms with Gasteiger partial charge in [-0.3, -0.25) is 4.79 Å². The summed E-state index contributed by atoms with van der Waals surface area (Å²) in [6.45, 7) is 4.02. The highest BCUT2D eigenvalue weighted by molar-refractivity contribution is 6.46. The molecule has 4 fully saturated rings. The number of carbonyl (C=O) groups is 1. The van der Waals surface area contributed by atoms with E-state index >= 15 is 0 Å². The summed E-state index contributed by atoms with van der Waals surface area (Å²) in [5.41, 5.74) is 0.0278. The van der Waals surface area contributed by atoms with Crippen LogP contribution in [0.2, 0.25) is 0 Å². The molecule has 0 spiro atoms. The lowest BCUT2D eigenvalue weighted by Gasteiger charge is -2.47. The Morgan fingerprint density at radius 3 is 2.84 bits per heavy atom. The summed E-state index contributed by atoms with van der Waals surface area (Å²) in [5.74, 6) is -1.03. The summed E-state index contributed by atoms with van der Waals surface area (Å²) in [6, 6.07) is 0. The quantitative estimate of drug-likeness (QED) is 0.354. The number of nitrogens with zero attached hydrogens (tertiary/aromatic N) is 2. The van der Waals surface area contributed by atoms with Crippen molar-refractivity contribution >= 4 is 11.6 Å². The van der Waals surface area contributed by atoms with E-state index in [-0.39, 0.29) is 29.9 Å². The molecule has 1 N–H and O–H groups in total. The molecule has 4 heterocycles. The molecule has 0 aliphatic carbocycles.